The molecule has 5 aromatic rings. The minimum absolute atomic E-state index is 0.0709. The molecular weight excluding hydrogens is 473 g/mol. The molecule has 0 radical (unpaired) electrons. The van der Waals surface area contributed by atoms with E-state index >= 15 is 4.39 Å². The second kappa shape index (κ2) is 8.70. The predicted octanol–water partition coefficient (Wildman–Crippen LogP) is 4.80. The number of aromatic hydroxyl groups is 1. The monoisotopic (exact) mass is 497 g/mol. The predicted molar refractivity (Wildman–Crippen MR) is 137 cm³/mol. The number of nitrogens with one attached hydrogen (secondary N) is 1. The number of anilines is 1. The van der Waals surface area contributed by atoms with Gasteiger partial charge in [0, 0.05) is 36.1 Å². The number of fused-ring (bicyclic) bond motifs is 4. The Morgan fingerprint density at radius 2 is 1.86 bits per heavy atom. The molecule has 4 heterocycles. The summed E-state index contributed by atoms with van der Waals surface area (Å²) >= 11 is 0. The molecule has 2 atom stereocenters. The fourth-order valence-electron chi connectivity index (χ4n) is 5.58. The van der Waals surface area contributed by atoms with Gasteiger partial charge in [0.1, 0.15) is 17.1 Å². The first kappa shape index (κ1) is 22.0. The van der Waals surface area contributed by atoms with E-state index in [2.05, 4.69) is 20.2 Å². The summed E-state index contributed by atoms with van der Waals surface area (Å²) in [6.07, 6.45) is 5.11. The van der Waals surface area contributed by atoms with Crippen LogP contribution in [0.1, 0.15) is 18.6 Å². The summed E-state index contributed by atoms with van der Waals surface area (Å²) in [7, 11) is 0. The van der Waals surface area contributed by atoms with Crippen LogP contribution in [-0.4, -0.2) is 45.2 Å². The molecule has 2 aliphatic rings. The third-order valence-corrected chi connectivity index (χ3v) is 7.25. The van der Waals surface area contributed by atoms with Crippen molar-refractivity contribution in [3.05, 3.63) is 72.7 Å². The number of halogens is 1. The Morgan fingerprint density at radius 1 is 1.03 bits per heavy atom. The number of hydrogen-bond donors (Lipinski definition) is 2. The van der Waals surface area contributed by atoms with Crippen LogP contribution in [0.3, 0.4) is 0 Å². The van der Waals surface area contributed by atoms with E-state index in [4.69, 9.17) is 14.1 Å². The summed E-state index contributed by atoms with van der Waals surface area (Å²) in [4.78, 5) is 15.3. The lowest BCUT2D eigenvalue weighted by Crippen LogP contribution is -2.51. The summed E-state index contributed by atoms with van der Waals surface area (Å²) in [6.45, 7) is 1.64. The molecule has 0 saturated carbocycles. The summed E-state index contributed by atoms with van der Waals surface area (Å²) < 4.78 is 27.4. The van der Waals surface area contributed by atoms with Crippen molar-refractivity contribution in [3.8, 4) is 22.9 Å². The first-order valence-corrected chi connectivity index (χ1v) is 12.4. The molecule has 0 aliphatic carbocycles. The Balaban J connectivity index is 1.39. The maximum atomic E-state index is 16.3. The molecule has 2 unspecified atom stereocenters. The van der Waals surface area contributed by atoms with Crippen LogP contribution in [0.5, 0.6) is 11.8 Å². The van der Waals surface area contributed by atoms with Gasteiger partial charge in [-0.05, 0) is 47.4 Å². The Labute approximate surface area is 211 Å². The third-order valence-electron chi connectivity index (χ3n) is 7.25. The second-order valence-corrected chi connectivity index (χ2v) is 9.67. The van der Waals surface area contributed by atoms with Crippen LogP contribution >= 0.6 is 0 Å². The number of benzene rings is 3. The molecule has 7 rings (SSSR count). The number of nitrogens with zero attached hydrogens (tertiary/aromatic N) is 4. The number of aromatic nitrogens is 3. The zero-order valence-electron chi connectivity index (χ0n) is 19.9. The molecule has 37 heavy (non-hydrogen) atoms. The summed E-state index contributed by atoms with van der Waals surface area (Å²) in [6, 6.07) is 15.3. The van der Waals surface area contributed by atoms with Gasteiger partial charge in [-0.25, -0.2) is 9.37 Å². The minimum atomic E-state index is -0.487. The van der Waals surface area contributed by atoms with Crippen LogP contribution in [0, 0.1) is 5.82 Å². The van der Waals surface area contributed by atoms with E-state index in [0.717, 1.165) is 36.7 Å². The van der Waals surface area contributed by atoms with Crippen molar-refractivity contribution in [2.75, 3.05) is 18.0 Å². The first-order chi connectivity index (χ1) is 18.1. The number of rotatable bonds is 5. The maximum absolute atomic E-state index is 16.3. The van der Waals surface area contributed by atoms with Crippen molar-refractivity contribution < 1.29 is 18.7 Å². The number of hydrogen-bond acceptors (Lipinski definition) is 8. The van der Waals surface area contributed by atoms with Crippen LogP contribution in [0.2, 0.25) is 0 Å². The maximum Gasteiger partial charge on any atom is 0.319 e. The standard InChI is InChI=1S/C28H24FN5O3/c29-25-22(24-10-19(35)9-16-3-1-2-4-21(16)24)7-8-23-26(25)32-28(36-14-20-11-30-15-37-20)33-27(23)34-12-17-5-6-18(13-34)31-17/h1-4,7-11,15,17-18,31,35H,5-6,12-14H2. The SMILES string of the molecule is Oc1cc(-c2ccc3c(N4CC5CCC(C4)N5)nc(OCc4cnco4)nc3c2F)c2ccccc2c1. The lowest BCUT2D eigenvalue weighted by Gasteiger charge is -2.34. The Hall–Kier alpha value is -4.24. The Morgan fingerprint density at radius 3 is 2.68 bits per heavy atom. The average Bonchev–Trinajstić information content (AvgIpc) is 3.56. The van der Waals surface area contributed by atoms with Gasteiger partial charge in [0.25, 0.3) is 0 Å². The van der Waals surface area contributed by atoms with E-state index in [9.17, 15) is 5.11 Å². The Kier molecular flexibility index (Phi) is 5.17. The van der Waals surface area contributed by atoms with Gasteiger partial charge in [-0.3, -0.25) is 0 Å². The highest BCUT2D eigenvalue weighted by atomic mass is 19.1. The normalized spacial score (nSPS) is 19.1. The lowest BCUT2D eigenvalue weighted by atomic mass is 9.96. The number of piperazine rings is 1. The molecule has 8 nitrogen and oxygen atoms in total. The minimum Gasteiger partial charge on any atom is -0.508 e. The summed E-state index contributed by atoms with van der Waals surface area (Å²) in [5, 5.41) is 16.3. The van der Waals surface area contributed by atoms with Crippen LogP contribution in [0.25, 0.3) is 32.8 Å². The second-order valence-electron chi connectivity index (χ2n) is 9.67. The van der Waals surface area contributed by atoms with Crippen LogP contribution < -0.4 is 15.0 Å². The van der Waals surface area contributed by atoms with Crippen LogP contribution in [0.15, 0.2) is 65.5 Å². The zero-order valence-corrected chi connectivity index (χ0v) is 19.9. The molecular formula is C28H24FN5O3. The van der Waals surface area contributed by atoms with Crippen molar-refractivity contribution in [1.82, 2.24) is 20.3 Å². The lowest BCUT2D eigenvalue weighted by molar-refractivity contribution is 0.251. The molecule has 2 N–H and O–H groups in total. The van der Waals surface area contributed by atoms with E-state index in [-0.39, 0.29) is 23.9 Å². The van der Waals surface area contributed by atoms with Gasteiger partial charge >= 0.3 is 6.01 Å². The molecule has 2 saturated heterocycles. The number of ether oxygens (including phenoxy) is 1. The van der Waals surface area contributed by atoms with E-state index in [1.54, 1.807) is 24.4 Å². The topological polar surface area (TPSA) is 96.5 Å². The highest BCUT2D eigenvalue weighted by Crippen LogP contribution is 2.39. The van der Waals surface area contributed by atoms with Gasteiger partial charge in [0.2, 0.25) is 0 Å². The largest absolute Gasteiger partial charge is 0.508 e. The van der Waals surface area contributed by atoms with E-state index in [0.29, 0.717) is 40.2 Å². The van der Waals surface area contributed by atoms with Crippen LogP contribution in [-0.2, 0) is 6.61 Å². The third kappa shape index (κ3) is 3.92. The van der Waals surface area contributed by atoms with E-state index < -0.39 is 5.82 Å². The van der Waals surface area contributed by atoms with E-state index in [1.807, 2.05) is 30.3 Å². The Bertz CT molecular complexity index is 1610. The molecule has 3 aromatic carbocycles. The number of phenols is 1. The number of oxazole rings is 1. The van der Waals surface area contributed by atoms with Crippen molar-refractivity contribution in [2.45, 2.75) is 31.5 Å². The van der Waals surface area contributed by atoms with Crippen molar-refractivity contribution in [2.24, 2.45) is 0 Å². The zero-order chi connectivity index (χ0) is 24.9. The smallest absolute Gasteiger partial charge is 0.319 e. The fraction of sp³-hybridized carbons (Fsp3) is 0.250. The van der Waals surface area contributed by atoms with Crippen molar-refractivity contribution in [1.29, 1.82) is 0 Å². The van der Waals surface area contributed by atoms with Gasteiger partial charge in [-0.2, -0.15) is 9.97 Å². The molecule has 9 heteroatoms. The van der Waals surface area contributed by atoms with E-state index in [1.165, 1.54) is 6.39 Å². The number of phenolic OH excluding ortho intramolecular Hbond substituents is 1. The van der Waals surface area contributed by atoms with Crippen molar-refractivity contribution >= 4 is 27.5 Å². The molecule has 2 aliphatic heterocycles. The summed E-state index contributed by atoms with van der Waals surface area (Å²) in [5.41, 5.74) is 1.12. The van der Waals surface area contributed by atoms with Gasteiger partial charge in [-0.1, -0.05) is 30.3 Å². The molecule has 2 fully saturated rings. The molecule has 2 bridgehead atoms. The molecule has 0 spiro atoms. The molecule has 0 amide bonds. The first-order valence-electron chi connectivity index (χ1n) is 12.4. The van der Waals surface area contributed by atoms with Gasteiger partial charge in [0.05, 0.1) is 6.20 Å². The highest BCUT2D eigenvalue weighted by molar-refractivity contribution is 6.01. The fourth-order valence-corrected chi connectivity index (χ4v) is 5.58. The van der Waals surface area contributed by atoms with Gasteiger partial charge < -0.3 is 24.5 Å². The van der Waals surface area contributed by atoms with Gasteiger partial charge in [-0.15, -0.1) is 0 Å². The quantitative estimate of drug-likeness (QED) is 0.357. The highest BCUT2D eigenvalue weighted by Gasteiger charge is 2.34. The molecule has 186 valence electrons. The van der Waals surface area contributed by atoms with Gasteiger partial charge in [0.15, 0.2) is 24.6 Å². The van der Waals surface area contributed by atoms with Crippen molar-refractivity contribution in [3.63, 3.8) is 0 Å². The summed E-state index contributed by atoms with van der Waals surface area (Å²) in [5.74, 6) is 0.761. The van der Waals surface area contributed by atoms with Crippen LogP contribution in [0.4, 0.5) is 10.2 Å². The average molecular weight is 498 g/mol. The molecule has 2 aromatic heterocycles.